The molecule has 1 aliphatic heterocycles. The number of hydrogen-bond donors (Lipinski definition) is 3. The second-order valence-corrected chi connectivity index (χ2v) is 12.7. The van der Waals surface area contributed by atoms with E-state index in [0.29, 0.717) is 19.3 Å². The fraction of sp³-hybridized carbons (Fsp3) is 0.781. The predicted octanol–water partition coefficient (Wildman–Crippen LogP) is 6.72. The summed E-state index contributed by atoms with van der Waals surface area (Å²) >= 11 is 0. The van der Waals surface area contributed by atoms with Gasteiger partial charge in [0.15, 0.2) is 0 Å². The molecule has 3 N–H and O–H groups in total. The van der Waals surface area contributed by atoms with Crippen LogP contribution in [0.5, 0.6) is 0 Å². The number of hydrogen-bond acceptors (Lipinski definition) is 6. The van der Waals surface area contributed by atoms with E-state index in [-0.39, 0.29) is 12.1 Å². The Labute approximate surface area is 232 Å². The van der Waals surface area contributed by atoms with E-state index in [1.54, 1.807) is 20.8 Å². The van der Waals surface area contributed by atoms with E-state index in [1.807, 2.05) is 20.8 Å². The average molecular weight is 537 g/mol. The molecule has 6 nitrogen and oxygen atoms in total. The lowest BCUT2D eigenvalue weighted by molar-refractivity contribution is -0.162. The quantitative estimate of drug-likeness (QED) is 0.115. The molecule has 0 amide bonds. The van der Waals surface area contributed by atoms with Crippen molar-refractivity contribution in [2.45, 2.75) is 162 Å². The molecule has 6 heteroatoms. The topological polar surface area (TPSA) is 96.2 Å². The van der Waals surface area contributed by atoms with Gasteiger partial charge in [0.2, 0.25) is 0 Å². The van der Waals surface area contributed by atoms with E-state index in [0.717, 1.165) is 44.9 Å². The minimum atomic E-state index is -1.07. The molecule has 0 spiro atoms. The van der Waals surface area contributed by atoms with E-state index in [1.165, 1.54) is 23.6 Å². The van der Waals surface area contributed by atoms with Crippen LogP contribution < -0.4 is 0 Å². The van der Waals surface area contributed by atoms with Gasteiger partial charge in [-0.1, -0.05) is 34.9 Å². The summed E-state index contributed by atoms with van der Waals surface area (Å²) in [4.78, 5) is 11.6. The molecule has 0 unspecified atom stereocenters. The molecule has 1 fully saturated rings. The molecule has 38 heavy (non-hydrogen) atoms. The molecule has 0 saturated carbocycles. The maximum atomic E-state index is 11.6. The lowest BCUT2D eigenvalue weighted by Gasteiger charge is -2.33. The van der Waals surface area contributed by atoms with Crippen molar-refractivity contribution in [3.63, 3.8) is 0 Å². The Morgan fingerprint density at radius 1 is 0.974 bits per heavy atom. The van der Waals surface area contributed by atoms with Crippen molar-refractivity contribution in [3.8, 4) is 0 Å². The van der Waals surface area contributed by atoms with Crippen LogP contribution in [-0.4, -0.2) is 56.4 Å². The van der Waals surface area contributed by atoms with E-state index >= 15 is 0 Å². The first-order valence-corrected chi connectivity index (χ1v) is 14.4. The zero-order valence-corrected chi connectivity index (χ0v) is 25.6. The number of unbranched alkanes of at least 4 members (excludes halogenated alkanes) is 1. The fourth-order valence-corrected chi connectivity index (χ4v) is 5.01. The van der Waals surface area contributed by atoms with Crippen molar-refractivity contribution in [1.29, 1.82) is 0 Å². The largest absolute Gasteiger partial charge is 0.459 e. The van der Waals surface area contributed by atoms with Crippen molar-refractivity contribution >= 4 is 5.97 Å². The van der Waals surface area contributed by atoms with Crippen molar-refractivity contribution in [2.24, 2.45) is 0 Å². The van der Waals surface area contributed by atoms with Gasteiger partial charge < -0.3 is 24.8 Å². The number of esters is 1. The van der Waals surface area contributed by atoms with Crippen LogP contribution in [-0.2, 0) is 14.3 Å². The zero-order valence-electron chi connectivity index (χ0n) is 25.6. The Morgan fingerprint density at radius 3 is 2.00 bits per heavy atom. The van der Waals surface area contributed by atoms with E-state index in [2.05, 4.69) is 32.1 Å². The summed E-state index contributed by atoms with van der Waals surface area (Å²) in [5.74, 6) is -0.365. The van der Waals surface area contributed by atoms with Crippen LogP contribution in [0.2, 0.25) is 0 Å². The van der Waals surface area contributed by atoms with Crippen LogP contribution in [0.3, 0.4) is 0 Å². The Morgan fingerprint density at radius 2 is 1.53 bits per heavy atom. The Hall–Kier alpha value is -1.47. The van der Waals surface area contributed by atoms with E-state index < -0.39 is 29.0 Å². The standard InChI is InChI=1S/C32H56O6/c1-23(2)13-12-21-31(8,36)29(37-26(5)33)19-17-25(4)15-11-10-14-24(3)16-18-27(34)32(9)22-20-28(38-32)30(6,7)35/h13-15,27-29,34-36H,10-12,16-22H2,1-9H3/b24-14+,25-15+/t27-,28-,29+,31-,32+/m1/s1. The third-order valence-electron chi connectivity index (χ3n) is 7.78. The smallest absolute Gasteiger partial charge is 0.303 e. The molecule has 0 bridgehead atoms. The maximum Gasteiger partial charge on any atom is 0.303 e. The normalized spacial score (nSPS) is 24.1. The summed E-state index contributed by atoms with van der Waals surface area (Å²) in [7, 11) is 0. The van der Waals surface area contributed by atoms with Crippen LogP contribution in [0.25, 0.3) is 0 Å². The summed E-state index contributed by atoms with van der Waals surface area (Å²) < 4.78 is 11.6. The Balaban J connectivity index is 2.50. The highest BCUT2D eigenvalue weighted by atomic mass is 16.6. The number of carbonyl (C=O) groups excluding carboxylic acids is 1. The minimum absolute atomic E-state index is 0.244. The van der Waals surface area contributed by atoms with Crippen LogP contribution in [0.15, 0.2) is 34.9 Å². The molecule has 1 aliphatic rings. The molecule has 220 valence electrons. The second-order valence-electron chi connectivity index (χ2n) is 12.7. The first-order valence-electron chi connectivity index (χ1n) is 14.4. The third-order valence-corrected chi connectivity index (χ3v) is 7.78. The van der Waals surface area contributed by atoms with Gasteiger partial charge in [-0.3, -0.25) is 4.79 Å². The summed E-state index contributed by atoms with van der Waals surface area (Å²) in [5, 5.41) is 32.0. The van der Waals surface area contributed by atoms with E-state index in [4.69, 9.17) is 9.47 Å². The van der Waals surface area contributed by atoms with Crippen molar-refractivity contribution in [3.05, 3.63) is 34.9 Å². The van der Waals surface area contributed by atoms with Gasteiger partial charge in [-0.2, -0.15) is 0 Å². The molecule has 1 heterocycles. The number of aliphatic hydroxyl groups excluding tert-OH is 1. The summed E-state index contributed by atoms with van der Waals surface area (Å²) in [6.07, 6.45) is 12.6. The monoisotopic (exact) mass is 536 g/mol. The highest BCUT2D eigenvalue weighted by Gasteiger charge is 2.46. The molecule has 0 aromatic heterocycles. The fourth-order valence-electron chi connectivity index (χ4n) is 5.01. The van der Waals surface area contributed by atoms with Gasteiger partial charge in [0.25, 0.3) is 0 Å². The molecular weight excluding hydrogens is 480 g/mol. The van der Waals surface area contributed by atoms with Gasteiger partial charge in [0, 0.05) is 6.92 Å². The SMILES string of the molecule is CC(=O)O[C@@H](CC/C(C)=C/CC/C=C(\C)CC[C@@H](O)[C@]1(C)CC[C@H](C(C)(C)O)O1)[C@](C)(O)CCC=C(C)C. The van der Waals surface area contributed by atoms with Crippen molar-refractivity contribution in [2.75, 3.05) is 0 Å². The van der Waals surface area contributed by atoms with Crippen LogP contribution in [0.1, 0.15) is 127 Å². The first kappa shape index (κ1) is 34.6. The lowest BCUT2D eigenvalue weighted by atomic mass is 9.89. The minimum Gasteiger partial charge on any atom is -0.459 e. The molecule has 1 saturated heterocycles. The molecule has 0 radical (unpaired) electrons. The van der Waals surface area contributed by atoms with Crippen molar-refractivity contribution in [1.82, 2.24) is 0 Å². The second kappa shape index (κ2) is 15.4. The highest BCUT2D eigenvalue weighted by molar-refractivity contribution is 5.66. The molecule has 0 aromatic rings. The molecular formula is C32H56O6. The molecule has 0 aromatic carbocycles. The van der Waals surface area contributed by atoms with Gasteiger partial charge in [0.1, 0.15) is 6.10 Å². The van der Waals surface area contributed by atoms with Gasteiger partial charge >= 0.3 is 5.97 Å². The van der Waals surface area contributed by atoms with Gasteiger partial charge in [-0.05, 0) is 120 Å². The average Bonchev–Trinajstić information content (AvgIpc) is 3.21. The molecule has 5 atom stereocenters. The van der Waals surface area contributed by atoms with Gasteiger partial charge in [-0.15, -0.1) is 0 Å². The number of allylic oxidation sites excluding steroid dienone is 6. The first-order chi connectivity index (χ1) is 17.5. The van der Waals surface area contributed by atoms with Gasteiger partial charge in [-0.25, -0.2) is 0 Å². The van der Waals surface area contributed by atoms with Gasteiger partial charge in [0.05, 0.1) is 29.0 Å². The Kier molecular flexibility index (Phi) is 14.0. The van der Waals surface area contributed by atoms with Crippen LogP contribution in [0.4, 0.5) is 0 Å². The van der Waals surface area contributed by atoms with E-state index in [9.17, 15) is 20.1 Å². The van der Waals surface area contributed by atoms with Crippen LogP contribution in [0, 0.1) is 0 Å². The predicted molar refractivity (Wildman–Crippen MR) is 155 cm³/mol. The molecule has 0 aliphatic carbocycles. The highest BCUT2D eigenvalue weighted by Crippen LogP contribution is 2.38. The number of rotatable bonds is 16. The number of ether oxygens (including phenoxy) is 2. The third kappa shape index (κ3) is 12.6. The summed E-state index contributed by atoms with van der Waals surface area (Å²) in [6, 6.07) is 0. The Bertz CT molecular complexity index is 827. The zero-order chi connectivity index (χ0) is 29.1. The summed E-state index contributed by atoms with van der Waals surface area (Å²) in [5.41, 5.74) is 1.10. The van der Waals surface area contributed by atoms with Crippen molar-refractivity contribution < 1.29 is 29.6 Å². The lowest BCUT2D eigenvalue weighted by Crippen LogP contribution is -2.43. The number of carbonyl (C=O) groups is 1. The number of aliphatic hydroxyl groups is 3. The maximum absolute atomic E-state index is 11.6. The summed E-state index contributed by atoms with van der Waals surface area (Å²) in [6.45, 7) is 16.9. The van der Waals surface area contributed by atoms with Crippen LogP contribution >= 0.6 is 0 Å². The molecule has 1 rings (SSSR count).